The van der Waals surface area contributed by atoms with Crippen molar-refractivity contribution in [1.82, 2.24) is 0 Å². The van der Waals surface area contributed by atoms with E-state index in [1.54, 1.807) is 0 Å². The van der Waals surface area contributed by atoms with Crippen LogP contribution in [-0.4, -0.2) is 6.88 Å². The molecule has 0 atom stereocenters. The molecule has 0 aliphatic carbocycles. The monoisotopic (exact) mass is 620 g/mol. The Balaban J connectivity index is 0.000000603. The summed E-state index contributed by atoms with van der Waals surface area (Å²) < 4.78 is 0. The fraction of sp³-hybridized carbons (Fsp3) is 0.152. The fourth-order valence-electron chi connectivity index (χ4n) is 4.67. The van der Waals surface area contributed by atoms with E-state index in [4.69, 9.17) is 0 Å². The molecule has 2 radical (unpaired) electrons. The quantitative estimate of drug-likeness (QED) is 0.136. The van der Waals surface area contributed by atoms with Crippen molar-refractivity contribution in [3.8, 4) is 0 Å². The molecule has 0 fully saturated rings. The van der Waals surface area contributed by atoms with E-state index >= 15 is 0 Å². The molecule has 0 unspecified atom stereocenters. The number of halogens is 2. The van der Waals surface area contributed by atoms with Crippen molar-refractivity contribution in [1.29, 1.82) is 0 Å². The molecule has 0 nitrogen and oxygen atoms in total. The zero-order chi connectivity index (χ0) is 23.2. The van der Waals surface area contributed by atoms with Gasteiger partial charge in [-0.05, 0) is 6.42 Å². The molecule has 0 saturated carbocycles. The third kappa shape index (κ3) is 8.14. The van der Waals surface area contributed by atoms with Crippen LogP contribution in [0.4, 0.5) is 0 Å². The first-order valence-corrected chi connectivity index (χ1v) is 15.8. The van der Waals surface area contributed by atoms with Gasteiger partial charge in [0.15, 0.2) is 0 Å². The third-order valence-electron chi connectivity index (χ3n) is 6.25. The molecule has 0 bridgehead atoms. The van der Waals surface area contributed by atoms with Crippen molar-refractivity contribution in [2.24, 2.45) is 0 Å². The number of hydrogen-bond donors (Lipinski definition) is 0. The van der Waals surface area contributed by atoms with Gasteiger partial charge in [0.05, 0.1) is 0 Å². The Morgan fingerprint density at radius 3 is 1.65 bits per heavy atom. The Kier molecular flexibility index (Phi) is 16.2. The van der Waals surface area contributed by atoms with Crippen LogP contribution < -0.4 is 0 Å². The Morgan fingerprint density at radius 1 is 0.649 bits per heavy atom. The predicted molar refractivity (Wildman–Crippen MR) is 171 cm³/mol. The molecular formula is C33H36Cl2SiZr-4. The van der Waals surface area contributed by atoms with Crippen LogP contribution in [0.1, 0.15) is 30.9 Å². The van der Waals surface area contributed by atoms with Crippen LogP contribution in [-0.2, 0) is 29.8 Å². The van der Waals surface area contributed by atoms with E-state index in [-0.39, 0.29) is 39.7 Å². The first kappa shape index (κ1) is 35.3. The van der Waals surface area contributed by atoms with Crippen molar-refractivity contribution in [2.75, 3.05) is 0 Å². The summed E-state index contributed by atoms with van der Waals surface area (Å²) in [6.07, 6.45) is 3.76. The average molecular weight is 623 g/mol. The van der Waals surface area contributed by atoms with Gasteiger partial charge < -0.3 is 14.9 Å². The summed E-state index contributed by atoms with van der Waals surface area (Å²) in [6.45, 7) is 7.46. The Morgan fingerprint density at radius 2 is 1.11 bits per heavy atom. The molecular weight excluding hydrogens is 587 g/mol. The molecule has 0 aliphatic heterocycles. The van der Waals surface area contributed by atoms with E-state index in [0.29, 0.717) is 0 Å². The van der Waals surface area contributed by atoms with Crippen molar-refractivity contribution in [2.45, 2.75) is 33.1 Å². The summed E-state index contributed by atoms with van der Waals surface area (Å²) in [6, 6.07) is 35.3. The minimum absolute atomic E-state index is 0. The molecule has 4 heteroatoms. The van der Waals surface area contributed by atoms with Crippen LogP contribution in [0.15, 0.2) is 97.1 Å². The van der Waals surface area contributed by atoms with Crippen molar-refractivity contribution >= 4 is 74.8 Å². The van der Waals surface area contributed by atoms with Gasteiger partial charge in [-0.3, -0.25) is 0 Å². The SMILES string of the molecule is CCCCc1cc2ccc3ccccc3c2[cH-]1.Cc1cc2ccc3ccccc3c2[cH-]1.Cl.Cl.[CH3-].[CH3-].[Si]=[Zr]. The van der Waals surface area contributed by atoms with Crippen LogP contribution >= 0.6 is 24.8 Å². The van der Waals surface area contributed by atoms with E-state index < -0.39 is 0 Å². The molecule has 0 aromatic heterocycles. The normalized spacial score (nSPS) is 9.54. The molecule has 6 aromatic carbocycles. The van der Waals surface area contributed by atoms with Gasteiger partial charge in [0.1, 0.15) is 0 Å². The summed E-state index contributed by atoms with van der Waals surface area (Å²) >= 11 is 1.36. The van der Waals surface area contributed by atoms with Crippen molar-refractivity contribution in [3.63, 3.8) is 0 Å². The molecule has 0 N–H and O–H groups in total. The van der Waals surface area contributed by atoms with Gasteiger partial charge in [-0.1, -0.05) is 109 Å². The number of fused-ring (bicyclic) bond motifs is 6. The molecule has 37 heavy (non-hydrogen) atoms. The standard InChI is InChI=1S/C17H17.C14H11.2CH3.2ClH.Si.Zr/c1-2-3-6-13-11-15-10-9-14-7-4-5-8-16(14)17(15)12-13;1-10-8-12-7-6-11-4-2-3-5-13(11)14(12)9-10;;;;;;/h4-5,7-12H,2-3,6H2,1H3;2-9H,1H3;2*1H3;2*1H;;/q4*-1;;;;. The molecule has 0 heterocycles. The zero-order valence-corrected chi connectivity index (χ0v) is 27.3. The summed E-state index contributed by atoms with van der Waals surface area (Å²) in [7, 11) is 0. The van der Waals surface area contributed by atoms with Gasteiger partial charge in [-0.15, -0.1) is 81.8 Å². The molecule has 6 rings (SSSR count). The Bertz CT molecular complexity index is 1510. The average Bonchev–Trinajstić information content (AvgIpc) is 3.47. The molecule has 6 aromatic rings. The molecule has 0 aliphatic rings. The second-order valence-corrected chi connectivity index (χ2v) is 8.58. The number of rotatable bonds is 3. The Hall–Kier alpha value is -1.70. The second kappa shape index (κ2) is 17.0. The number of aryl methyl sites for hydroxylation is 2. The first-order chi connectivity index (χ1) is 16.2. The van der Waals surface area contributed by atoms with E-state index in [9.17, 15) is 0 Å². The molecule has 0 saturated heterocycles. The first-order valence-electron chi connectivity index (χ1n) is 11.6. The van der Waals surface area contributed by atoms with Crippen molar-refractivity contribution in [3.05, 3.63) is 123 Å². The van der Waals surface area contributed by atoms with Crippen LogP contribution in [0.5, 0.6) is 0 Å². The van der Waals surface area contributed by atoms with Crippen LogP contribution in [0.3, 0.4) is 0 Å². The van der Waals surface area contributed by atoms with E-state index in [1.807, 2.05) is 0 Å². The summed E-state index contributed by atoms with van der Waals surface area (Å²) in [5, 5.41) is 10.9. The van der Waals surface area contributed by atoms with Crippen LogP contribution in [0.25, 0.3) is 43.1 Å². The van der Waals surface area contributed by atoms with Gasteiger partial charge in [0.2, 0.25) is 0 Å². The van der Waals surface area contributed by atoms with Gasteiger partial charge in [-0.25, -0.2) is 0 Å². The number of benzene rings is 4. The predicted octanol–water partition coefficient (Wildman–Crippen LogP) is 10.4. The van der Waals surface area contributed by atoms with Gasteiger partial charge >= 0.3 is 30.2 Å². The maximum absolute atomic E-state index is 3.06. The van der Waals surface area contributed by atoms with E-state index in [0.717, 1.165) is 0 Å². The summed E-state index contributed by atoms with van der Waals surface area (Å²) in [5.74, 6) is 0. The third-order valence-corrected chi connectivity index (χ3v) is 6.25. The zero-order valence-electron chi connectivity index (χ0n) is 22.2. The summed E-state index contributed by atoms with van der Waals surface area (Å²) in [4.78, 5) is 0. The Labute approximate surface area is 252 Å². The van der Waals surface area contributed by atoms with Crippen LogP contribution in [0.2, 0.25) is 0 Å². The molecule has 0 amide bonds. The van der Waals surface area contributed by atoms with E-state index in [1.165, 1.54) is 96.8 Å². The summed E-state index contributed by atoms with van der Waals surface area (Å²) in [5.41, 5.74) is 2.83. The van der Waals surface area contributed by atoms with Crippen molar-refractivity contribution < 1.29 is 23.3 Å². The fourth-order valence-corrected chi connectivity index (χ4v) is 4.67. The molecule has 194 valence electrons. The topological polar surface area (TPSA) is 0 Å². The van der Waals surface area contributed by atoms with Gasteiger partial charge in [0, 0.05) is 0 Å². The van der Waals surface area contributed by atoms with E-state index in [2.05, 4.69) is 118 Å². The maximum atomic E-state index is 3.06. The van der Waals surface area contributed by atoms with Gasteiger partial charge in [-0.2, -0.15) is 12.1 Å². The van der Waals surface area contributed by atoms with Gasteiger partial charge in [0.25, 0.3) is 0 Å². The minimum atomic E-state index is 0. The number of unbranched alkanes of at least 4 members (excludes halogenated alkanes) is 1. The molecule has 0 spiro atoms. The van der Waals surface area contributed by atoms with Crippen LogP contribution in [0, 0.1) is 21.8 Å². The second-order valence-electron chi connectivity index (χ2n) is 8.58. The number of hydrogen-bond acceptors (Lipinski definition) is 0.